The lowest BCUT2D eigenvalue weighted by atomic mass is 10.1. The number of anilines is 4. The maximum Gasteiger partial charge on any atom is 0.228 e. The molecule has 0 amide bonds. The maximum atomic E-state index is 5.67. The Morgan fingerprint density at radius 3 is 1.82 bits per heavy atom. The van der Waals surface area contributed by atoms with E-state index < -0.39 is 0 Å². The highest BCUT2D eigenvalue weighted by molar-refractivity contribution is 5.95. The lowest BCUT2D eigenvalue weighted by Crippen LogP contribution is -2.38. The largest absolute Gasteiger partial charge is 0.383 e. The lowest BCUT2D eigenvalue weighted by Gasteiger charge is -2.33. The summed E-state index contributed by atoms with van der Waals surface area (Å²) in [5.74, 6) is 2.52. The number of nitrogens with one attached hydrogen (secondary N) is 1. The maximum absolute atomic E-state index is 5.67. The summed E-state index contributed by atoms with van der Waals surface area (Å²) in [6, 6.07) is 0. The van der Waals surface area contributed by atoms with Gasteiger partial charge in [0.05, 0.1) is 38.7 Å². The number of fused-ring (bicyclic) bond motifs is 1. The van der Waals surface area contributed by atoms with Gasteiger partial charge < -0.3 is 43.7 Å². The van der Waals surface area contributed by atoms with Crippen molar-refractivity contribution in [2.75, 3.05) is 121 Å². The number of hydrogen-bond donors (Lipinski definition) is 1. The van der Waals surface area contributed by atoms with E-state index in [1.807, 2.05) is 19.4 Å². The van der Waals surface area contributed by atoms with Gasteiger partial charge in [-0.05, 0) is 12.8 Å². The number of rotatable bonds is 19. The molecule has 0 radical (unpaired) electrons. The van der Waals surface area contributed by atoms with Gasteiger partial charge in [-0.3, -0.25) is 4.68 Å². The first kappa shape index (κ1) is 33.5. The number of piperidine rings is 1. The first-order chi connectivity index (χ1) is 21.5. The Morgan fingerprint density at radius 2 is 1.32 bits per heavy atom. The van der Waals surface area contributed by atoms with Crippen LogP contribution in [0.15, 0.2) is 12.4 Å². The molecule has 1 aliphatic rings. The number of aryl methyl sites for hydroxylation is 1. The van der Waals surface area contributed by atoms with Gasteiger partial charge in [0.15, 0.2) is 11.6 Å². The molecule has 0 aromatic carbocycles. The fourth-order valence-corrected chi connectivity index (χ4v) is 5.09. The van der Waals surface area contributed by atoms with E-state index >= 15 is 0 Å². The van der Waals surface area contributed by atoms with E-state index in [0.717, 1.165) is 37.3 Å². The molecule has 15 nitrogen and oxygen atoms in total. The number of methoxy groups -OCH3 is 5. The summed E-state index contributed by atoms with van der Waals surface area (Å²) in [7, 11) is 10.4. The summed E-state index contributed by atoms with van der Waals surface area (Å²) in [5.41, 5.74) is 2.35. The van der Waals surface area contributed by atoms with Crippen LogP contribution in [0.4, 0.5) is 23.5 Å². The number of aromatic nitrogens is 6. The molecule has 1 N–H and O–H groups in total. The average molecular weight is 617 g/mol. The molecule has 1 fully saturated rings. The van der Waals surface area contributed by atoms with Crippen LogP contribution in [-0.4, -0.2) is 137 Å². The molecule has 4 heterocycles. The van der Waals surface area contributed by atoms with Gasteiger partial charge in [-0.2, -0.15) is 15.1 Å². The van der Waals surface area contributed by atoms with Crippen LogP contribution in [0, 0.1) is 0 Å². The van der Waals surface area contributed by atoms with Gasteiger partial charge in [-0.15, -0.1) is 0 Å². The zero-order valence-electron chi connectivity index (χ0n) is 27.0. The van der Waals surface area contributed by atoms with E-state index in [9.17, 15) is 0 Å². The van der Waals surface area contributed by atoms with Crippen LogP contribution in [0.2, 0.25) is 0 Å². The van der Waals surface area contributed by atoms with Gasteiger partial charge in [-0.1, -0.05) is 0 Å². The molecule has 15 heteroatoms. The third-order valence-electron chi connectivity index (χ3n) is 7.62. The summed E-state index contributed by atoms with van der Waals surface area (Å²) >= 11 is 0. The van der Waals surface area contributed by atoms with Crippen LogP contribution in [0.25, 0.3) is 11.0 Å². The number of hydrogen-bond acceptors (Lipinski definition) is 14. The topological polar surface area (TPSA) is 137 Å². The van der Waals surface area contributed by atoms with Crippen LogP contribution in [0.5, 0.6) is 0 Å². The van der Waals surface area contributed by atoms with Crippen molar-refractivity contribution in [3.8, 4) is 0 Å². The molecule has 1 aliphatic heterocycles. The molecule has 3 aromatic heterocycles. The zero-order chi connectivity index (χ0) is 31.3. The summed E-state index contributed by atoms with van der Waals surface area (Å²) in [6.45, 7) is 6.58. The quantitative estimate of drug-likeness (QED) is 0.209. The first-order valence-corrected chi connectivity index (χ1v) is 15.1. The van der Waals surface area contributed by atoms with E-state index in [2.05, 4.69) is 25.1 Å². The van der Waals surface area contributed by atoms with Crippen LogP contribution < -0.4 is 20.0 Å². The minimum absolute atomic E-state index is 0.221. The van der Waals surface area contributed by atoms with Crippen molar-refractivity contribution in [2.45, 2.75) is 25.5 Å². The van der Waals surface area contributed by atoms with Crippen molar-refractivity contribution in [1.29, 1.82) is 0 Å². The van der Waals surface area contributed by atoms with Crippen LogP contribution in [0.3, 0.4) is 0 Å². The van der Waals surface area contributed by atoms with E-state index in [4.69, 9.17) is 43.6 Å². The molecule has 0 atom stereocenters. The molecule has 0 aliphatic carbocycles. The molecular weight excluding hydrogens is 568 g/mol. The van der Waals surface area contributed by atoms with Gasteiger partial charge in [0.25, 0.3) is 0 Å². The summed E-state index contributed by atoms with van der Waals surface area (Å²) < 4.78 is 29.1. The van der Waals surface area contributed by atoms with Gasteiger partial charge in [0.2, 0.25) is 11.9 Å². The Balaban J connectivity index is 1.88. The smallest absolute Gasteiger partial charge is 0.228 e. The molecule has 44 heavy (non-hydrogen) atoms. The minimum atomic E-state index is 0.221. The average Bonchev–Trinajstić information content (AvgIpc) is 3.48. The predicted molar refractivity (Wildman–Crippen MR) is 170 cm³/mol. The second-order valence-corrected chi connectivity index (χ2v) is 10.7. The Kier molecular flexibility index (Phi) is 13.1. The van der Waals surface area contributed by atoms with E-state index in [0.29, 0.717) is 87.9 Å². The monoisotopic (exact) mass is 616 g/mol. The first-order valence-electron chi connectivity index (χ1n) is 15.1. The van der Waals surface area contributed by atoms with Gasteiger partial charge in [0, 0.05) is 100 Å². The number of nitrogens with zero attached hydrogens (tertiary/aromatic N) is 9. The van der Waals surface area contributed by atoms with Gasteiger partial charge >= 0.3 is 0 Å². The summed E-state index contributed by atoms with van der Waals surface area (Å²) in [5, 5.41) is 7.86. The fraction of sp³-hybridized carbons (Fsp3) is 0.690. The molecular formula is C29H48N10O5. The van der Waals surface area contributed by atoms with Crippen molar-refractivity contribution >= 4 is 34.6 Å². The van der Waals surface area contributed by atoms with Crippen molar-refractivity contribution < 1.29 is 23.7 Å². The van der Waals surface area contributed by atoms with Crippen molar-refractivity contribution in [3.63, 3.8) is 0 Å². The Hall–Kier alpha value is -3.37. The van der Waals surface area contributed by atoms with E-state index in [1.165, 1.54) is 0 Å². The Labute approximate surface area is 259 Å². The second kappa shape index (κ2) is 17.2. The highest BCUT2D eigenvalue weighted by atomic mass is 16.5. The van der Waals surface area contributed by atoms with Crippen molar-refractivity contribution in [3.05, 3.63) is 18.0 Å². The normalized spacial score (nSPS) is 14.0. The molecule has 3 aromatic rings. The molecule has 0 saturated carbocycles. The Morgan fingerprint density at radius 1 is 0.773 bits per heavy atom. The lowest BCUT2D eigenvalue weighted by molar-refractivity contribution is 0.0818. The molecule has 0 spiro atoms. The third kappa shape index (κ3) is 8.85. The molecule has 0 bridgehead atoms. The second-order valence-electron chi connectivity index (χ2n) is 10.7. The third-order valence-corrected chi connectivity index (χ3v) is 7.62. The fourth-order valence-electron chi connectivity index (χ4n) is 5.09. The molecule has 0 unspecified atom stereocenters. The van der Waals surface area contributed by atoms with Gasteiger partial charge in [-0.25, -0.2) is 9.97 Å². The number of ether oxygens (including phenoxy) is 5. The van der Waals surface area contributed by atoms with Crippen molar-refractivity contribution in [1.82, 2.24) is 29.7 Å². The standard InChI is InChI=1S/C29H48N10O5/c1-36-21-22(20-31-36)19-30-26-24-25(33-28(34-26)38(11-15-40-2)12-16-41-3)27(37-9-7-23(44-6)8-10-37)35-29(32-24)39(13-17-42-4)14-18-43-5/h20-21,23H,7-19H2,1-6H3,(H,30,33,34). The SMILES string of the molecule is COCCN(CCOC)c1nc(N2CCC(OC)CC2)c2nc(N(CCOC)CCOC)nc(NCc3cnn(C)c3)c2n1. The summed E-state index contributed by atoms with van der Waals surface area (Å²) in [4.78, 5) is 26.8. The summed E-state index contributed by atoms with van der Waals surface area (Å²) in [6.07, 6.45) is 5.82. The predicted octanol–water partition coefficient (Wildman–Crippen LogP) is 1.58. The zero-order valence-corrected chi connectivity index (χ0v) is 27.0. The molecule has 244 valence electrons. The highest BCUT2D eigenvalue weighted by Gasteiger charge is 2.27. The molecule has 4 rings (SSSR count). The molecule has 1 saturated heterocycles. The van der Waals surface area contributed by atoms with Crippen molar-refractivity contribution in [2.24, 2.45) is 7.05 Å². The Bertz CT molecular complexity index is 1270. The van der Waals surface area contributed by atoms with E-state index in [1.54, 1.807) is 40.2 Å². The highest BCUT2D eigenvalue weighted by Crippen LogP contribution is 2.33. The van der Waals surface area contributed by atoms with Crippen LogP contribution in [0.1, 0.15) is 18.4 Å². The van der Waals surface area contributed by atoms with Gasteiger partial charge in [0.1, 0.15) is 11.0 Å². The van der Waals surface area contributed by atoms with Crippen LogP contribution in [-0.2, 0) is 37.3 Å². The minimum Gasteiger partial charge on any atom is -0.383 e. The van der Waals surface area contributed by atoms with E-state index in [-0.39, 0.29) is 6.10 Å². The van der Waals surface area contributed by atoms with Crippen LogP contribution >= 0.6 is 0 Å².